The molecule has 5 rings (SSSR count). The quantitative estimate of drug-likeness (QED) is 0.430. The fraction of sp³-hybridized carbons (Fsp3) is 0.385. The Kier molecular flexibility index (Phi) is 4.86. The molecule has 34 heavy (non-hydrogen) atoms. The van der Waals surface area contributed by atoms with Crippen molar-refractivity contribution in [2.45, 2.75) is 51.7 Å². The minimum absolute atomic E-state index is 0.339. The number of imide groups is 2. The molecule has 7 nitrogen and oxygen atoms in total. The number of halogens is 1. The number of benzene rings is 2. The highest BCUT2D eigenvalue weighted by molar-refractivity contribution is 9.10. The number of hydrogen-bond donors (Lipinski definition) is 0. The van der Waals surface area contributed by atoms with E-state index in [4.69, 9.17) is 0 Å². The Labute approximate surface area is 206 Å². The van der Waals surface area contributed by atoms with E-state index in [1.165, 1.54) is 9.80 Å². The summed E-state index contributed by atoms with van der Waals surface area (Å²) in [5.41, 5.74) is -0.0547. The van der Waals surface area contributed by atoms with Crippen LogP contribution in [0.4, 0.5) is 10.5 Å². The second-order valence-electron chi connectivity index (χ2n) is 10.5. The average molecular weight is 524 g/mol. The zero-order valence-corrected chi connectivity index (χ0v) is 21.3. The Morgan fingerprint density at radius 3 is 2.03 bits per heavy atom. The fourth-order valence-corrected chi connectivity index (χ4v) is 6.04. The first-order valence-electron chi connectivity index (χ1n) is 11.3. The van der Waals surface area contributed by atoms with E-state index < -0.39 is 46.8 Å². The number of carbonyl (C=O) groups excluding carboxylic acids is 4. The lowest BCUT2D eigenvalue weighted by Crippen LogP contribution is -2.54. The molecule has 176 valence electrons. The van der Waals surface area contributed by atoms with Gasteiger partial charge in [0, 0.05) is 10.0 Å². The van der Waals surface area contributed by atoms with Crippen LogP contribution >= 0.6 is 15.9 Å². The summed E-state index contributed by atoms with van der Waals surface area (Å²) >= 11 is 3.43. The topological polar surface area (TPSA) is 78.0 Å². The van der Waals surface area contributed by atoms with Crippen molar-refractivity contribution in [3.05, 3.63) is 64.1 Å². The monoisotopic (exact) mass is 523 g/mol. The molecule has 0 spiro atoms. The maximum atomic E-state index is 14.0. The summed E-state index contributed by atoms with van der Waals surface area (Å²) in [4.78, 5) is 59.2. The highest BCUT2D eigenvalue weighted by Crippen LogP contribution is 2.59. The Hall–Kier alpha value is -3.00. The van der Waals surface area contributed by atoms with Crippen molar-refractivity contribution in [1.82, 2.24) is 9.80 Å². The van der Waals surface area contributed by atoms with Gasteiger partial charge in [0.15, 0.2) is 0 Å². The molecular formula is C26H26BrN3O4. The number of urea groups is 1. The van der Waals surface area contributed by atoms with Crippen molar-refractivity contribution in [3.8, 4) is 0 Å². The molecule has 2 aromatic carbocycles. The second-order valence-corrected chi connectivity index (χ2v) is 11.4. The van der Waals surface area contributed by atoms with Gasteiger partial charge in [0.05, 0.1) is 23.6 Å². The number of fused-ring (bicyclic) bond motifs is 3. The lowest BCUT2D eigenvalue weighted by atomic mass is 9.80. The molecule has 5 amide bonds. The summed E-state index contributed by atoms with van der Waals surface area (Å²) in [6.45, 7) is 8.97. The Bertz CT molecular complexity index is 1230. The molecule has 3 aliphatic heterocycles. The van der Waals surface area contributed by atoms with E-state index in [0.717, 1.165) is 14.9 Å². The lowest BCUT2D eigenvalue weighted by Gasteiger charge is -2.36. The third kappa shape index (κ3) is 2.87. The molecule has 0 saturated carbocycles. The highest BCUT2D eigenvalue weighted by atomic mass is 79.9. The van der Waals surface area contributed by atoms with Gasteiger partial charge in [-0.15, -0.1) is 0 Å². The number of carbonyl (C=O) groups is 4. The van der Waals surface area contributed by atoms with E-state index in [-0.39, 0.29) is 5.91 Å². The first-order valence-corrected chi connectivity index (χ1v) is 12.1. The predicted octanol–water partition coefficient (Wildman–Crippen LogP) is 4.44. The molecule has 2 aromatic rings. The number of aryl methyl sites for hydroxylation is 1. The molecule has 0 aromatic heterocycles. The Morgan fingerprint density at radius 2 is 1.47 bits per heavy atom. The first kappa shape index (κ1) is 22.8. The highest BCUT2D eigenvalue weighted by Gasteiger charge is 2.76. The normalized spacial score (nSPS) is 28.8. The van der Waals surface area contributed by atoms with Crippen molar-refractivity contribution >= 4 is 45.4 Å². The van der Waals surface area contributed by atoms with Crippen LogP contribution < -0.4 is 4.90 Å². The molecule has 4 atom stereocenters. The largest absolute Gasteiger partial charge is 0.332 e. The summed E-state index contributed by atoms with van der Waals surface area (Å²) in [5, 5.41) is 0. The van der Waals surface area contributed by atoms with Crippen LogP contribution in [0.1, 0.15) is 44.9 Å². The molecule has 3 saturated heterocycles. The molecule has 0 aliphatic carbocycles. The maximum Gasteiger partial charge on any atom is 0.332 e. The molecule has 0 N–H and O–H groups in total. The smallest absolute Gasteiger partial charge is 0.301 e. The number of amides is 5. The third-order valence-electron chi connectivity index (χ3n) is 7.28. The molecular weight excluding hydrogens is 498 g/mol. The van der Waals surface area contributed by atoms with E-state index in [2.05, 4.69) is 15.9 Å². The standard InChI is InChI=1S/C26H26BrN3O4/c1-14-6-12-17(13-7-14)28-23(33)26(5)19-18(21(31)30(22(19)32)25(2,3)4)20(29(26)24(28)34)15-8-10-16(27)11-9-15/h6-13,18-20H,1-5H3/t18-,19-,20-,26-/m1/s1. The SMILES string of the molecule is Cc1ccc(N2C(=O)N3[C@H](c4ccc(Br)cc4)[C@@H]4C(=O)N(C(C)(C)C)C(=O)[C@@H]4[C@]3(C)C2=O)cc1. The molecule has 0 unspecified atom stereocenters. The summed E-state index contributed by atoms with van der Waals surface area (Å²) in [6.07, 6.45) is 0. The summed E-state index contributed by atoms with van der Waals surface area (Å²) in [7, 11) is 0. The average Bonchev–Trinajstić information content (AvgIpc) is 3.27. The van der Waals surface area contributed by atoms with Gasteiger partial charge in [-0.05, 0) is 64.4 Å². The van der Waals surface area contributed by atoms with Crippen LogP contribution in [-0.4, -0.2) is 44.6 Å². The van der Waals surface area contributed by atoms with Gasteiger partial charge in [-0.3, -0.25) is 19.3 Å². The zero-order chi connectivity index (χ0) is 24.7. The van der Waals surface area contributed by atoms with E-state index >= 15 is 0 Å². The van der Waals surface area contributed by atoms with E-state index in [0.29, 0.717) is 11.3 Å². The minimum Gasteiger partial charge on any atom is -0.301 e. The van der Waals surface area contributed by atoms with Gasteiger partial charge in [-0.2, -0.15) is 0 Å². The molecule has 8 heteroatoms. The van der Waals surface area contributed by atoms with Gasteiger partial charge in [-0.1, -0.05) is 45.8 Å². The molecule has 0 bridgehead atoms. The van der Waals surface area contributed by atoms with Gasteiger partial charge in [-0.25, -0.2) is 9.69 Å². The molecule has 3 heterocycles. The fourth-order valence-electron chi connectivity index (χ4n) is 5.77. The minimum atomic E-state index is -1.48. The van der Waals surface area contributed by atoms with Crippen molar-refractivity contribution in [2.24, 2.45) is 11.8 Å². The van der Waals surface area contributed by atoms with Gasteiger partial charge >= 0.3 is 6.03 Å². The van der Waals surface area contributed by atoms with Crippen molar-refractivity contribution in [3.63, 3.8) is 0 Å². The van der Waals surface area contributed by atoms with E-state index in [9.17, 15) is 19.2 Å². The molecule has 3 fully saturated rings. The lowest BCUT2D eigenvalue weighted by molar-refractivity contribution is -0.148. The predicted molar refractivity (Wildman–Crippen MR) is 130 cm³/mol. The summed E-state index contributed by atoms with van der Waals surface area (Å²) < 4.78 is 0.851. The maximum absolute atomic E-state index is 14.0. The number of rotatable bonds is 2. The summed E-state index contributed by atoms with van der Waals surface area (Å²) in [5.74, 6) is -3.01. The van der Waals surface area contributed by atoms with Gasteiger partial charge in [0.25, 0.3) is 5.91 Å². The molecule has 0 radical (unpaired) electrons. The van der Waals surface area contributed by atoms with Crippen LogP contribution in [0.3, 0.4) is 0 Å². The van der Waals surface area contributed by atoms with Crippen LogP contribution in [-0.2, 0) is 14.4 Å². The number of nitrogens with zero attached hydrogens (tertiary/aromatic N) is 3. The van der Waals surface area contributed by atoms with Crippen LogP contribution in [0.15, 0.2) is 53.0 Å². The van der Waals surface area contributed by atoms with E-state index in [1.54, 1.807) is 39.8 Å². The second kappa shape index (κ2) is 7.25. The molecule has 3 aliphatic rings. The Balaban J connectivity index is 1.71. The summed E-state index contributed by atoms with van der Waals surface area (Å²) in [6, 6.07) is 13.2. The van der Waals surface area contributed by atoms with Gasteiger partial charge in [0.1, 0.15) is 5.54 Å². The van der Waals surface area contributed by atoms with Crippen molar-refractivity contribution < 1.29 is 19.2 Å². The number of likely N-dealkylation sites (tertiary alicyclic amines) is 1. The van der Waals surface area contributed by atoms with Crippen molar-refractivity contribution in [1.29, 1.82) is 0 Å². The van der Waals surface area contributed by atoms with Crippen LogP contribution in [0.5, 0.6) is 0 Å². The van der Waals surface area contributed by atoms with Crippen molar-refractivity contribution in [2.75, 3.05) is 4.90 Å². The van der Waals surface area contributed by atoms with Gasteiger partial charge in [0.2, 0.25) is 11.8 Å². The van der Waals surface area contributed by atoms with Gasteiger partial charge < -0.3 is 4.90 Å². The first-order chi connectivity index (χ1) is 15.9. The number of anilines is 1. The third-order valence-corrected chi connectivity index (χ3v) is 7.81. The van der Waals surface area contributed by atoms with Crippen LogP contribution in [0.25, 0.3) is 0 Å². The van der Waals surface area contributed by atoms with Crippen LogP contribution in [0, 0.1) is 18.8 Å². The zero-order valence-electron chi connectivity index (χ0n) is 19.7. The van der Waals surface area contributed by atoms with Crippen LogP contribution in [0.2, 0.25) is 0 Å². The van der Waals surface area contributed by atoms with E-state index in [1.807, 2.05) is 43.3 Å². The Morgan fingerprint density at radius 1 is 0.882 bits per heavy atom. The number of hydrogen-bond acceptors (Lipinski definition) is 4.